The molecule has 0 aromatic carbocycles. The number of thiazole rings is 1. The minimum Gasteiger partial charge on any atom is -0.314 e. The van der Waals surface area contributed by atoms with Crippen molar-refractivity contribution in [3.63, 3.8) is 0 Å². The molecule has 0 aliphatic carbocycles. The van der Waals surface area contributed by atoms with E-state index in [4.69, 9.17) is 0 Å². The largest absolute Gasteiger partial charge is 0.314 e. The van der Waals surface area contributed by atoms with Gasteiger partial charge >= 0.3 is 0 Å². The minimum absolute atomic E-state index is 0.166. The quantitative estimate of drug-likeness (QED) is 0.623. The van der Waals surface area contributed by atoms with Crippen LogP contribution in [-0.2, 0) is 11.8 Å². The molecule has 1 N–H and O–H groups in total. The van der Waals surface area contributed by atoms with Crippen LogP contribution in [-0.4, -0.2) is 17.6 Å². The summed E-state index contributed by atoms with van der Waals surface area (Å²) in [5.41, 5.74) is 1.37. The standard InChI is InChI=1S/C15H26N2S/c1-12(2)16-10-8-6-7-9-14-17-13(11-18-14)15(3,4)5/h6-7,11-12,16H,8-10H2,1-5H3. The molecule has 0 unspecified atom stereocenters. The first-order valence-electron chi connectivity index (χ1n) is 6.73. The molecule has 0 spiro atoms. The van der Waals surface area contributed by atoms with E-state index in [1.807, 2.05) is 0 Å². The number of nitrogens with one attached hydrogen (secondary N) is 1. The molecule has 18 heavy (non-hydrogen) atoms. The lowest BCUT2D eigenvalue weighted by Crippen LogP contribution is -2.23. The number of aromatic nitrogens is 1. The lowest BCUT2D eigenvalue weighted by Gasteiger charge is -2.14. The Hall–Kier alpha value is -0.670. The van der Waals surface area contributed by atoms with Crippen LogP contribution in [0.5, 0.6) is 0 Å². The van der Waals surface area contributed by atoms with Crippen molar-refractivity contribution in [2.75, 3.05) is 6.54 Å². The summed E-state index contributed by atoms with van der Waals surface area (Å²) in [5, 5.41) is 6.80. The van der Waals surface area contributed by atoms with E-state index >= 15 is 0 Å². The molecule has 0 amide bonds. The van der Waals surface area contributed by atoms with Gasteiger partial charge in [0.15, 0.2) is 0 Å². The van der Waals surface area contributed by atoms with E-state index in [-0.39, 0.29) is 5.41 Å². The molecule has 1 aromatic heterocycles. The summed E-state index contributed by atoms with van der Waals surface area (Å²) in [7, 11) is 0. The van der Waals surface area contributed by atoms with Gasteiger partial charge in [-0.25, -0.2) is 4.98 Å². The fourth-order valence-electron chi connectivity index (χ4n) is 1.51. The zero-order chi connectivity index (χ0) is 13.6. The molecule has 0 atom stereocenters. The maximum absolute atomic E-state index is 4.68. The first kappa shape index (κ1) is 15.4. The van der Waals surface area contributed by atoms with Gasteiger partial charge in [-0.1, -0.05) is 46.8 Å². The number of hydrogen-bond acceptors (Lipinski definition) is 3. The Kier molecular flexibility index (Phi) is 6.03. The molecule has 2 nitrogen and oxygen atoms in total. The van der Waals surface area contributed by atoms with Crippen LogP contribution in [0.4, 0.5) is 0 Å². The molecule has 0 saturated carbocycles. The van der Waals surface area contributed by atoms with Crippen LogP contribution >= 0.6 is 11.3 Å². The molecule has 102 valence electrons. The molecule has 3 heteroatoms. The SMILES string of the molecule is CC(C)NCCC=CCc1nc(C(C)(C)C)cs1. The third kappa shape index (κ3) is 5.78. The Bertz CT molecular complexity index is 372. The first-order valence-corrected chi connectivity index (χ1v) is 7.61. The second-order valence-corrected chi connectivity index (χ2v) is 6.89. The molecular weight excluding hydrogens is 240 g/mol. The molecule has 0 bridgehead atoms. The summed E-state index contributed by atoms with van der Waals surface area (Å²) in [6.45, 7) is 12.0. The molecular formula is C15H26N2S. The Morgan fingerprint density at radius 3 is 2.61 bits per heavy atom. The van der Waals surface area contributed by atoms with Gasteiger partial charge in [0.05, 0.1) is 10.7 Å². The zero-order valence-electron chi connectivity index (χ0n) is 12.3. The summed E-state index contributed by atoms with van der Waals surface area (Å²) in [5.74, 6) is 0. The lowest BCUT2D eigenvalue weighted by molar-refractivity contribution is 0.571. The summed E-state index contributed by atoms with van der Waals surface area (Å²) in [4.78, 5) is 4.68. The van der Waals surface area contributed by atoms with Crippen LogP contribution in [0, 0.1) is 0 Å². The maximum Gasteiger partial charge on any atom is 0.0966 e. The number of rotatable bonds is 6. The molecule has 0 radical (unpaired) electrons. The highest BCUT2D eigenvalue weighted by atomic mass is 32.1. The van der Waals surface area contributed by atoms with Crippen molar-refractivity contribution in [2.45, 2.75) is 58.9 Å². The second kappa shape index (κ2) is 7.05. The Balaban J connectivity index is 2.31. The maximum atomic E-state index is 4.68. The summed E-state index contributed by atoms with van der Waals surface area (Å²) in [6, 6.07) is 0.576. The molecule has 1 rings (SSSR count). The van der Waals surface area contributed by atoms with Crippen molar-refractivity contribution >= 4 is 11.3 Å². The molecule has 1 aromatic rings. The Labute approximate surface area is 116 Å². The minimum atomic E-state index is 0.166. The Morgan fingerprint density at radius 2 is 2.06 bits per heavy atom. The van der Waals surface area contributed by atoms with Gasteiger partial charge in [-0.2, -0.15) is 0 Å². The van der Waals surface area contributed by atoms with E-state index in [1.165, 1.54) is 10.7 Å². The normalized spacial score (nSPS) is 12.8. The van der Waals surface area contributed by atoms with Crippen molar-refractivity contribution in [2.24, 2.45) is 0 Å². The van der Waals surface area contributed by atoms with Gasteiger partial charge < -0.3 is 5.32 Å². The van der Waals surface area contributed by atoms with Crippen LogP contribution in [0.3, 0.4) is 0 Å². The predicted molar refractivity (Wildman–Crippen MR) is 81.4 cm³/mol. The van der Waals surface area contributed by atoms with E-state index < -0.39 is 0 Å². The number of hydrogen-bond donors (Lipinski definition) is 1. The van der Waals surface area contributed by atoms with E-state index in [1.54, 1.807) is 11.3 Å². The van der Waals surface area contributed by atoms with Gasteiger partial charge in [0.25, 0.3) is 0 Å². The van der Waals surface area contributed by atoms with Gasteiger partial charge in [-0.05, 0) is 13.0 Å². The highest BCUT2D eigenvalue weighted by Crippen LogP contribution is 2.24. The molecule has 1 heterocycles. The first-order chi connectivity index (χ1) is 8.39. The summed E-state index contributed by atoms with van der Waals surface area (Å²) >= 11 is 1.77. The average Bonchev–Trinajstić information content (AvgIpc) is 2.71. The van der Waals surface area contributed by atoms with E-state index in [2.05, 4.69) is 62.5 Å². The summed E-state index contributed by atoms with van der Waals surface area (Å²) < 4.78 is 0. The lowest BCUT2D eigenvalue weighted by atomic mass is 9.93. The fraction of sp³-hybridized carbons (Fsp3) is 0.667. The smallest absolute Gasteiger partial charge is 0.0966 e. The average molecular weight is 266 g/mol. The van der Waals surface area contributed by atoms with Crippen LogP contribution in [0.25, 0.3) is 0 Å². The van der Waals surface area contributed by atoms with Gasteiger partial charge in [-0.3, -0.25) is 0 Å². The second-order valence-electron chi connectivity index (χ2n) is 5.95. The molecule has 0 fully saturated rings. The fourth-order valence-corrected chi connectivity index (χ4v) is 2.50. The molecule has 0 aliphatic rings. The highest BCUT2D eigenvalue weighted by molar-refractivity contribution is 7.09. The van der Waals surface area contributed by atoms with E-state index in [0.717, 1.165) is 19.4 Å². The van der Waals surface area contributed by atoms with Gasteiger partial charge in [0, 0.05) is 23.3 Å². The van der Waals surface area contributed by atoms with Crippen molar-refractivity contribution in [3.05, 3.63) is 28.2 Å². The highest BCUT2D eigenvalue weighted by Gasteiger charge is 2.16. The van der Waals surface area contributed by atoms with Gasteiger partial charge in [0.2, 0.25) is 0 Å². The zero-order valence-corrected chi connectivity index (χ0v) is 13.1. The Morgan fingerprint density at radius 1 is 1.33 bits per heavy atom. The predicted octanol–water partition coefficient (Wildman–Crippen LogP) is 3.93. The molecule has 0 saturated heterocycles. The third-order valence-electron chi connectivity index (χ3n) is 2.64. The van der Waals surface area contributed by atoms with Crippen molar-refractivity contribution in [1.82, 2.24) is 10.3 Å². The van der Waals surface area contributed by atoms with E-state index in [0.29, 0.717) is 6.04 Å². The van der Waals surface area contributed by atoms with Crippen LogP contribution < -0.4 is 5.32 Å². The van der Waals surface area contributed by atoms with Gasteiger partial charge in [0.1, 0.15) is 0 Å². The molecule has 0 aliphatic heterocycles. The van der Waals surface area contributed by atoms with Crippen molar-refractivity contribution in [1.29, 1.82) is 0 Å². The number of nitrogens with zero attached hydrogens (tertiary/aromatic N) is 1. The third-order valence-corrected chi connectivity index (χ3v) is 3.51. The van der Waals surface area contributed by atoms with E-state index in [9.17, 15) is 0 Å². The monoisotopic (exact) mass is 266 g/mol. The van der Waals surface area contributed by atoms with Crippen LogP contribution in [0.2, 0.25) is 0 Å². The van der Waals surface area contributed by atoms with Crippen LogP contribution in [0.15, 0.2) is 17.5 Å². The van der Waals surface area contributed by atoms with Crippen molar-refractivity contribution < 1.29 is 0 Å². The number of allylic oxidation sites excluding steroid dienone is 1. The van der Waals surface area contributed by atoms with Crippen LogP contribution in [0.1, 0.15) is 51.7 Å². The topological polar surface area (TPSA) is 24.9 Å². The summed E-state index contributed by atoms with van der Waals surface area (Å²) in [6.07, 6.45) is 6.53. The van der Waals surface area contributed by atoms with Gasteiger partial charge in [-0.15, -0.1) is 11.3 Å². The van der Waals surface area contributed by atoms with Crippen molar-refractivity contribution in [3.8, 4) is 0 Å².